The lowest BCUT2D eigenvalue weighted by atomic mass is 10.2. The summed E-state index contributed by atoms with van der Waals surface area (Å²) in [6, 6.07) is 6.14. The van der Waals surface area contributed by atoms with E-state index in [0.717, 1.165) is 23.1 Å². The highest BCUT2D eigenvalue weighted by Gasteiger charge is 2.33. The van der Waals surface area contributed by atoms with Gasteiger partial charge in [0.25, 0.3) is 0 Å². The van der Waals surface area contributed by atoms with E-state index >= 15 is 0 Å². The van der Waals surface area contributed by atoms with Gasteiger partial charge in [-0.3, -0.25) is 4.79 Å². The van der Waals surface area contributed by atoms with Crippen molar-refractivity contribution >= 4 is 11.9 Å². The highest BCUT2D eigenvalue weighted by Crippen LogP contribution is 2.28. The minimum atomic E-state index is -0.710. The number of carbonyl (C=O) groups excluding carboxylic acids is 1. The van der Waals surface area contributed by atoms with Crippen molar-refractivity contribution in [3.8, 4) is 0 Å². The molecule has 1 aromatic heterocycles. The molecule has 1 amide bonds. The largest absolute Gasteiger partial charge is 0.490 e. The van der Waals surface area contributed by atoms with E-state index in [-0.39, 0.29) is 24.3 Å². The van der Waals surface area contributed by atoms with Crippen LogP contribution in [0.3, 0.4) is 0 Å². The molecule has 1 aliphatic rings. The summed E-state index contributed by atoms with van der Waals surface area (Å²) >= 11 is 0. The maximum absolute atomic E-state index is 13.0. The van der Waals surface area contributed by atoms with Crippen LogP contribution in [0.25, 0.3) is 0 Å². The molecule has 1 aromatic carbocycles. The summed E-state index contributed by atoms with van der Waals surface area (Å²) in [4.78, 5) is 27.5. The smallest absolute Gasteiger partial charge is 0.390 e. The minimum Gasteiger partial charge on any atom is -0.390 e. The first kappa shape index (κ1) is 15.1. The predicted octanol–water partition coefficient (Wildman–Crippen LogP) is 1.52. The first-order valence-electron chi connectivity index (χ1n) is 7.10. The van der Waals surface area contributed by atoms with Crippen LogP contribution in [0.2, 0.25) is 0 Å². The van der Waals surface area contributed by atoms with Gasteiger partial charge in [-0.25, -0.2) is 4.39 Å². The molecular formula is C14H14FN5O3. The van der Waals surface area contributed by atoms with E-state index in [1.54, 1.807) is 17.0 Å². The zero-order chi connectivity index (χ0) is 16.4. The van der Waals surface area contributed by atoms with Crippen molar-refractivity contribution in [3.63, 3.8) is 0 Å². The molecule has 1 fully saturated rings. The van der Waals surface area contributed by atoms with Gasteiger partial charge in [-0.1, -0.05) is 17.1 Å². The molecule has 1 aliphatic carbocycles. The van der Waals surface area contributed by atoms with Gasteiger partial charge in [0.15, 0.2) is 0 Å². The summed E-state index contributed by atoms with van der Waals surface area (Å²) in [6.07, 6.45) is 3.01. The number of hydrogen-bond acceptors (Lipinski definition) is 5. The van der Waals surface area contributed by atoms with Crippen molar-refractivity contribution in [2.24, 2.45) is 0 Å². The average Bonchev–Trinajstić information content (AvgIpc) is 3.25. The van der Waals surface area contributed by atoms with Crippen LogP contribution in [0.5, 0.6) is 0 Å². The Morgan fingerprint density at radius 3 is 2.65 bits per heavy atom. The molecule has 1 saturated carbocycles. The molecule has 0 unspecified atom stereocenters. The Bertz CT molecular complexity index is 726. The molecular weight excluding hydrogens is 305 g/mol. The summed E-state index contributed by atoms with van der Waals surface area (Å²) in [5.74, 6) is -1.06. The highest BCUT2D eigenvalue weighted by molar-refractivity contribution is 5.76. The normalized spacial score (nSPS) is 13.8. The first-order valence-corrected chi connectivity index (χ1v) is 7.10. The number of hydrogen-bond donors (Lipinski definition) is 0. The van der Waals surface area contributed by atoms with Gasteiger partial charge in [0.2, 0.25) is 12.2 Å². The van der Waals surface area contributed by atoms with Crippen LogP contribution in [0.1, 0.15) is 18.4 Å². The monoisotopic (exact) mass is 319 g/mol. The van der Waals surface area contributed by atoms with E-state index in [9.17, 15) is 19.3 Å². The Balaban J connectivity index is 1.68. The molecule has 1 heterocycles. The average molecular weight is 319 g/mol. The molecule has 23 heavy (non-hydrogen) atoms. The second-order valence-corrected chi connectivity index (χ2v) is 5.38. The van der Waals surface area contributed by atoms with Crippen LogP contribution in [0.15, 0.2) is 30.6 Å². The van der Waals surface area contributed by atoms with Gasteiger partial charge in [-0.05, 0) is 35.5 Å². The van der Waals surface area contributed by atoms with Crippen LogP contribution in [-0.4, -0.2) is 36.5 Å². The number of benzene rings is 1. The molecule has 0 aliphatic heterocycles. The van der Waals surface area contributed by atoms with Crippen LogP contribution in [0, 0.1) is 15.9 Å². The maximum Gasteiger partial charge on any atom is 0.490 e. The zero-order valence-corrected chi connectivity index (χ0v) is 12.1. The second-order valence-electron chi connectivity index (χ2n) is 5.38. The third kappa shape index (κ3) is 3.68. The maximum atomic E-state index is 13.0. The predicted molar refractivity (Wildman–Crippen MR) is 76.6 cm³/mol. The third-order valence-electron chi connectivity index (χ3n) is 3.56. The lowest BCUT2D eigenvalue weighted by molar-refractivity contribution is -0.394. The van der Waals surface area contributed by atoms with E-state index in [0.29, 0.717) is 6.54 Å². The Labute approximate surface area is 130 Å². The molecule has 0 bridgehead atoms. The number of nitrogens with zero attached hydrogens (tertiary/aromatic N) is 5. The van der Waals surface area contributed by atoms with Gasteiger partial charge in [-0.2, -0.15) is 4.68 Å². The summed E-state index contributed by atoms with van der Waals surface area (Å²) in [5.41, 5.74) is 0.830. The topological polar surface area (TPSA) is 94.2 Å². The lowest BCUT2D eigenvalue weighted by Gasteiger charge is -2.22. The number of carbonyl (C=O) groups is 1. The standard InChI is InChI=1S/C14H14FN5O3/c15-11-3-1-10(2-4-11)7-19(12-5-6-12)13(21)8-18-9-16-14(17-18)20(22)23/h1-4,9,12H,5-8H2. The molecule has 9 heteroatoms. The van der Waals surface area contributed by atoms with Crippen molar-refractivity contribution in [3.05, 3.63) is 52.1 Å². The number of halogens is 1. The van der Waals surface area contributed by atoms with Gasteiger partial charge in [0, 0.05) is 17.7 Å². The van der Waals surface area contributed by atoms with Crippen LogP contribution >= 0.6 is 0 Å². The van der Waals surface area contributed by atoms with Gasteiger partial charge < -0.3 is 15.0 Å². The molecule has 0 atom stereocenters. The Kier molecular flexibility index (Phi) is 4.00. The van der Waals surface area contributed by atoms with Gasteiger partial charge >= 0.3 is 5.95 Å². The molecule has 3 rings (SSSR count). The van der Waals surface area contributed by atoms with Crippen molar-refractivity contribution in [2.75, 3.05) is 0 Å². The highest BCUT2D eigenvalue weighted by atomic mass is 19.1. The molecule has 2 aromatic rings. The number of rotatable bonds is 6. The van der Waals surface area contributed by atoms with E-state index in [4.69, 9.17) is 0 Å². The molecule has 0 N–H and O–H groups in total. The first-order chi connectivity index (χ1) is 11.0. The van der Waals surface area contributed by atoms with Crippen molar-refractivity contribution < 1.29 is 14.1 Å². The zero-order valence-electron chi connectivity index (χ0n) is 12.1. The van der Waals surface area contributed by atoms with Gasteiger partial charge in [-0.15, -0.1) is 0 Å². The molecule has 8 nitrogen and oxygen atoms in total. The summed E-state index contributed by atoms with van der Waals surface area (Å²) in [5, 5.41) is 14.2. The van der Waals surface area contributed by atoms with E-state index in [1.165, 1.54) is 18.5 Å². The molecule has 0 saturated heterocycles. The van der Waals surface area contributed by atoms with Crippen LogP contribution in [0.4, 0.5) is 10.3 Å². The number of nitro groups is 1. The van der Waals surface area contributed by atoms with Gasteiger partial charge in [0.1, 0.15) is 12.4 Å². The second kappa shape index (κ2) is 6.11. The Hall–Kier alpha value is -2.84. The van der Waals surface area contributed by atoms with Gasteiger partial charge in [0.05, 0.1) is 0 Å². The fourth-order valence-electron chi connectivity index (χ4n) is 2.27. The summed E-state index contributed by atoms with van der Waals surface area (Å²) in [7, 11) is 0. The van der Waals surface area contributed by atoms with E-state index in [1.807, 2.05) is 0 Å². The molecule has 120 valence electrons. The molecule has 0 radical (unpaired) electrons. The van der Waals surface area contributed by atoms with E-state index in [2.05, 4.69) is 10.1 Å². The Morgan fingerprint density at radius 1 is 1.39 bits per heavy atom. The lowest BCUT2D eigenvalue weighted by Crippen LogP contribution is -2.35. The number of aromatic nitrogens is 3. The van der Waals surface area contributed by atoms with Crippen molar-refractivity contribution in [1.29, 1.82) is 0 Å². The van der Waals surface area contributed by atoms with Crippen LogP contribution in [-0.2, 0) is 17.9 Å². The number of amides is 1. The van der Waals surface area contributed by atoms with Crippen molar-refractivity contribution in [1.82, 2.24) is 19.7 Å². The third-order valence-corrected chi connectivity index (χ3v) is 3.56. The van der Waals surface area contributed by atoms with E-state index < -0.39 is 10.9 Å². The fourth-order valence-corrected chi connectivity index (χ4v) is 2.27. The Morgan fingerprint density at radius 2 is 2.09 bits per heavy atom. The minimum absolute atomic E-state index is 0.113. The molecule has 0 spiro atoms. The van der Waals surface area contributed by atoms with Crippen LogP contribution < -0.4 is 0 Å². The SMILES string of the molecule is O=C(Cn1cnc([N+](=O)[O-])n1)N(Cc1ccc(F)cc1)C1CC1. The fraction of sp³-hybridized carbons (Fsp3) is 0.357. The summed E-state index contributed by atoms with van der Waals surface area (Å²) in [6.45, 7) is 0.263. The van der Waals surface area contributed by atoms with Crippen molar-refractivity contribution in [2.45, 2.75) is 32.0 Å². The quantitative estimate of drug-likeness (QED) is 0.594. The summed E-state index contributed by atoms with van der Waals surface area (Å²) < 4.78 is 14.1.